The van der Waals surface area contributed by atoms with E-state index in [1.165, 1.54) is 11.1 Å². The molecule has 0 bridgehead atoms. The Morgan fingerprint density at radius 1 is 1.40 bits per heavy atom. The van der Waals surface area contributed by atoms with Gasteiger partial charge in [-0.25, -0.2) is 0 Å². The van der Waals surface area contributed by atoms with E-state index < -0.39 is 4.92 Å². The lowest BCUT2D eigenvalue weighted by atomic mass is 9.95. The minimum atomic E-state index is -0.451. The van der Waals surface area contributed by atoms with E-state index >= 15 is 0 Å². The van der Waals surface area contributed by atoms with Crippen molar-refractivity contribution in [2.24, 2.45) is 0 Å². The molecule has 1 heterocycles. The molecule has 7 heteroatoms. The first-order valence-electron chi connectivity index (χ1n) is 6.97. The molecule has 1 aliphatic rings. The number of hydrogen-bond donors (Lipinski definition) is 1. The number of rotatable bonds is 4. The third kappa shape index (κ3) is 3.15. The molecule has 7 nitrogen and oxygen atoms in total. The highest BCUT2D eigenvalue weighted by atomic mass is 16.6. The largest absolute Gasteiger partial charge is 0.352 e. The van der Waals surface area contributed by atoms with Gasteiger partial charge < -0.3 is 5.32 Å². The van der Waals surface area contributed by atoms with Gasteiger partial charge in [0.15, 0.2) is 0 Å². The molecule has 1 aliphatic carbocycles. The van der Waals surface area contributed by atoms with Crippen LogP contribution in [0.25, 0.3) is 0 Å². The summed E-state index contributed by atoms with van der Waals surface area (Å²) in [6.07, 6.45) is 5.56. The highest BCUT2D eigenvalue weighted by molar-refractivity contribution is 5.76. The fourth-order valence-electron chi connectivity index (χ4n) is 2.76. The van der Waals surface area contributed by atoms with Crippen molar-refractivity contribution in [2.75, 3.05) is 0 Å². The topological polar surface area (TPSA) is 90.1 Å². The molecule has 0 spiro atoms. The second kappa shape index (κ2) is 6.02. The zero-order valence-electron chi connectivity index (χ0n) is 11.9. The van der Waals surface area contributed by atoms with Crippen LogP contribution in [0.3, 0.4) is 0 Å². The molecule has 2 rings (SSSR count). The van der Waals surface area contributed by atoms with Crippen LogP contribution in [0.2, 0.25) is 0 Å². The van der Waals surface area contributed by atoms with Gasteiger partial charge in [0, 0.05) is 6.04 Å². The summed E-state index contributed by atoms with van der Waals surface area (Å²) < 4.78 is 1.41. The Bertz CT molecular complexity index is 518. The molecule has 0 radical (unpaired) electrons. The summed E-state index contributed by atoms with van der Waals surface area (Å²) in [5, 5.41) is 18.0. The van der Waals surface area contributed by atoms with Crippen LogP contribution < -0.4 is 5.32 Å². The minimum Gasteiger partial charge on any atom is -0.352 e. The number of hydrogen-bond acceptors (Lipinski definition) is 4. The van der Waals surface area contributed by atoms with Crippen LogP contribution in [0.15, 0.2) is 0 Å². The number of nitro groups is 1. The van der Waals surface area contributed by atoms with Gasteiger partial charge in [0.05, 0.1) is 4.92 Å². The SMILES string of the molecule is Cc1nn(CC(=O)NC2CCCCC2)c(C)c1[N+](=O)[O-]. The Kier molecular flexibility index (Phi) is 4.36. The zero-order chi connectivity index (χ0) is 14.7. The van der Waals surface area contributed by atoms with E-state index in [0.717, 1.165) is 25.7 Å². The van der Waals surface area contributed by atoms with Gasteiger partial charge in [-0.2, -0.15) is 5.10 Å². The molecule has 0 aromatic carbocycles. The van der Waals surface area contributed by atoms with Crippen molar-refractivity contribution in [1.29, 1.82) is 0 Å². The lowest BCUT2D eigenvalue weighted by Crippen LogP contribution is -2.38. The Balaban J connectivity index is 2.00. The fourth-order valence-corrected chi connectivity index (χ4v) is 2.76. The van der Waals surface area contributed by atoms with Crippen LogP contribution in [-0.4, -0.2) is 26.7 Å². The van der Waals surface area contributed by atoms with E-state index in [-0.39, 0.29) is 24.2 Å². The van der Waals surface area contributed by atoms with Crippen LogP contribution in [-0.2, 0) is 11.3 Å². The molecule has 0 saturated heterocycles. The predicted octanol–water partition coefficient (Wildman–Crippen LogP) is 1.86. The maximum Gasteiger partial charge on any atom is 0.312 e. The predicted molar refractivity (Wildman–Crippen MR) is 73.4 cm³/mol. The monoisotopic (exact) mass is 280 g/mol. The second-order valence-corrected chi connectivity index (χ2v) is 5.34. The molecule has 1 amide bonds. The van der Waals surface area contributed by atoms with Crippen LogP contribution >= 0.6 is 0 Å². The average molecular weight is 280 g/mol. The fraction of sp³-hybridized carbons (Fsp3) is 0.692. The molecule has 110 valence electrons. The second-order valence-electron chi connectivity index (χ2n) is 5.34. The number of nitrogens with zero attached hydrogens (tertiary/aromatic N) is 3. The molecule has 1 aromatic rings. The lowest BCUT2D eigenvalue weighted by Gasteiger charge is -2.22. The molecule has 1 N–H and O–H groups in total. The van der Waals surface area contributed by atoms with Gasteiger partial charge in [-0.1, -0.05) is 19.3 Å². The van der Waals surface area contributed by atoms with E-state index in [4.69, 9.17) is 0 Å². The van der Waals surface area contributed by atoms with Crippen molar-refractivity contribution in [1.82, 2.24) is 15.1 Å². The Hall–Kier alpha value is -1.92. The number of aryl methyl sites for hydroxylation is 1. The summed E-state index contributed by atoms with van der Waals surface area (Å²) in [6.45, 7) is 3.24. The van der Waals surface area contributed by atoms with E-state index in [1.807, 2.05) is 0 Å². The minimum absolute atomic E-state index is 0.00420. The molecule has 1 fully saturated rings. The van der Waals surface area contributed by atoms with E-state index in [0.29, 0.717) is 11.4 Å². The van der Waals surface area contributed by atoms with Crippen molar-refractivity contribution in [3.63, 3.8) is 0 Å². The van der Waals surface area contributed by atoms with Crippen molar-refractivity contribution < 1.29 is 9.72 Å². The number of carbonyl (C=O) groups excluding carboxylic acids is 1. The highest BCUT2D eigenvalue weighted by Gasteiger charge is 2.23. The van der Waals surface area contributed by atoms with Crippen LogP contribution in [0.5, 0.6) is 0 Å². The van der Waals surface area contributed by atoms with Crippen molar-refractivity contribution in [2.45, 2.75) is 58.5 Å². The van der Waals surface area contributed by atoms with Crippen LogP contribution in [0, 0.1) is 24.0 Å². The maximum atomic E-state index is 12.0. The number of aromatic nitrogens is 2. The summed E-state index contributed by atoms with van der Waals surface area (Å²) in [6, 6.07) is 0.239. The first-order chi connectivity index (χ1) is 9.49. The molecule has 0 unspecified atom stereocenters. The molecule has 20 heavy (non-hydrogen) atoms. The van der Waals surface area contributed by atoms with Gasteiger partial charge in [0.25, 0.3) is 0 Å². The standard InChI is InChI=1S/C13H20N4O3/c1-9-13(17(19)20)10(2)16(15-9)8-12(18)14-11-6-4-3-5-7-11/h11H,3-8H2,1-2H3,(H,14,18). The first-order valence-corrected chi connectivity index (χ1v) is 6.97. The molecule has 0 aliphatic heterocycles. The smallest absolute Gasteiger partial charge is 0.312 e. The maximum absolute atomic E-state index is 12.0. The molecule has 1 saturated carbocycles. The van der Waals surface area contributed by atoms with Gasteiger partial charge in [0.2, 0.25) is 5.91 Å². The summed E-state index contributed by atoms with van der Waals surface area (Å²) in [5.74, 6) is -0.127. The van der Waals surface area contributed by atoms with Crippen molar-refractivity contribution in [3.8, 4) is 0 Å². The van der Waals surface area contributed by atoms with Crippen LogP contribution in [0.1, 0.15) is 43.5 Å². The van der Waals surface area contributed by atoms with E-state index in [1.54, 1.807) is 13.8 Å². The van der Waals surface area contributed by atoms with E-state index in [9.17, 15) is 14.9 Å². The third-order valence-corrected chi connectivity index (χ3v) is 3.79. The Morgan fingerprint density at radius 2 is 2.05 bits per heavy atom. The quantitative estimate of drug-likeness (QED) is 0.673. The molecular weight excluding hydrogens is 260 g/mol. The molecule has 1 aromatic heterocycles. The number of amides is 1. The Morgan fingerprint density at radius 3 is 2.60 bits per heavy atom. The Labute approximate surface area is 117 Å². The van der Waals surface area contributed by atoms with Gasteiger partial charge >= 0.3 is 5.69 Å². The van der Waals surface area contributed by atoms with E-state index in [2.05, 4.69) is 10.4 Å². The van der Waals surface area contributed by atoms with Gasteiger partial charge in [-0.3, -0.25) is 19.6 Å². The zero-order valence-corrected chi connectivity index (χ0v) is 11.9. The summed E-state index contributed by atoms with van der Waals surface area (Å²) in [4.78, 5) is 22.4. The molecular formula is C13H20N4O3. The van der Waals surface area contributed by atoms with Gasteiger partial charge in [-0.05, 0) is 26.7 Å². The first kappa shape index (κ1) is 14.5. The summed E-state index contributed by atoms with van der Waals surface area (Å²) in [7, 11) is 0. The summed E-state index contributed by atoms with van der Waals surface area (Å²) in [5.41, 5.74) is 0.764. The average Bonchev–Trinajstić information content (AvgIpc) is 2.65. The van der Waals surface area contributed by atoms with Crippen molar-refractivity contribution in [3.05, 3.63) is 21.5 Å². The molecule has 0 atom stereocenters. The number of nitrogens with one attached hydrogen (secondary N) is 1. The van der Waals surface area contributed by atoms with Gasteiger partial charge in [0.1, 0.15) is 17.9 Å². The van der Waals surface area contributed by atoms with Crippen LogP contribution in [0.4, 0.5) is 5.69 Å². The third-order valence-electron chi connectivity index (χ3n) is 3.79. The number of carbonyl (C=O) groups is 1. The lowest BCUT2D eigenvalue weighted by molar-refractivity contribution is -0.386. The normalized spacial score (nSPS) is 16.1. The summed E-state index contributed by atoms with van der Waals surface area (Å²) >= 11 is 0. The van der Waals surface area contributed by atoms with Gasteiger partial charge in [-0.15, -0.1) is 0 Å². The highest BCUT2D eigenvalue weighted by Crippen LogP contribution is 2.22. The van der Waals surface area contributed by atoms with Crippen molar-refractivity contribution >= 4 is 11.6 Å².